The molecule has 120 valence electrons. The van der Waals surface area contributed by atoms with Crippen molar-refractivity contribution in [2.75, 3.05) is 52.4 Å². The number of nitrogens with two attached hydrogens (primary N) is 1. The monoisotopic (exact) mass is 298 g/mol. The summed E-state index contributed by atoms with van der Waals surface area (Å²) in [5.41, 5.74) is 5.86. The van der Waals surface area contributed by atoms with E-state index in [0.717, 1.165) is 6.54 Å². The van der Waals surface area contributed by atoms with Gasteiger partial charge in [-0.2, -0.15) is 0 Å². The third-order valence-corrected chi connectivity index (χ3v) is 4.20. The highest BCUT2D eigenvalue weighted by Gasteiger charge is 2.27. The molecule has 0 aromatic rings. The predicted molar refractivity (Wildman–Crippen MR) is 78.7 cm³/mol. The smallest absolute Gasteiger partial charge is 0.236 e. The Morgan fingerprint density at radius 3 is 2.38 bits per heavy atom. The standard InChI is InChI=1S/C14H26N4O3/c1-11(15)13-9-16(7-8-21-13)10-14(20)18-5-3-17(4-6-18)12(2)19/h11,13H,3-10,15H2,1-2H3. The lowest BCUT2D eigenvalue weighted by molar-refractivity contribution is -0.140. The molecule has 0 aromatic carbocycles. The number of morpholine rings is 1. The Hall–Kier alpha value is -1.18. The molecule has 2 unspecified atom stereocenters. The summed E-state index contributed by atoms with van der Waals surface area (Å²) in [4.78, 5) is 29.3. The Morgan fingerprint density at radius 2 is 1.81 bits per heavy atom. The normalized spacial score (nSPS) is 25.8. The molecule has 21 heavy (non-hydrogen) atoms. The molecule has 2 N–H and O–H groups in total. The summed E-state index contributed by atoms with van der Waals surface area (Å²) in [5, 5.41) is 0. The van der Waals surface area contributed by atoms with Crippen LogP contribution >= 0.6 is 0 Å². The predicted octanol–water partition coefficient (Wildman–Crippen LogP) is -1.27. The molecule has 2 fully saturated rings. The molecular weight excluding hydrogens is 272 g/mol. The van der Waals surface area contributed by atoms with Crippen LogP contribution in [0.3, 0.4) is 0 Å². The lowest BCUT2D eigenvalue weighted by atomic mass is 10.1. The van der Waals surface area contributed by atoms with E-state index in [1.165, 1.54) is 0 Å². The maximum atomic E-state index is 12.3. The lowest BCUT2D eigenvalue weighted by Gasteiger charge is -2.37. The fourth-order valence-corrected chi connectivity index (χ4v) is 2.76. The molecule has 0 aliphatic carbocycles. The van der Waals surface area contributed by atoms with Crippen LogP contribution in [0.1, 0.15) is 13.8 Å². The van der Waals surface area contributed by atoms with Gasteiger partial charge in [-0.15, -0.1) is 0 Å². The van der Waals surface area contributed by atoms with Crippen molar-refractivity contribution in [2.45, 2.75) is 26.0 Å². The van der Waals surface area contributed by atoms with Crippen molar-refractivity contribution in [2.24, 2.45) is 5.73 Å². The van der Waals surface area contributed by atoms with E-state index < -0.39 is 0 Å². The van der Waals surface area contributed by atoms with Gasteiger partial charge >= 0.3 is 0 Å². The van der Waals surface area contributed by atoms with Crippen molar-refractivity contribution < 1.29 is 14.3 Å². The number of hydrogen-bond donors (Lipinski definition) is 1. The van der Waals surface area contributed by atoms with Gasteiger partial charge in [0.15, 0.2) is 0 Å². The van der Waals surface area contributed by atoms with E-state index in [4.69, 9.17) is 10.5 Å². The molecule has 2 rings (SSSR count). The molecule has 0 saturated carbocycles. The molecular formula is C14H26N4O3. The van der Waals surface area contributed by atoms with E-state index >= 15 is 0 Å². The quantitative estimate of drug-likeness (QED) is 0.702. The second-order valence-corrected chi connectivity index (χ2v) is 5.89. The van der Waals surface area contributed by atoms with Crippen LogP contribution in [0.25, 0.3) is 0 Å². The molecule has 7 heteroatoms. The highest BCUT2D eigenvalue weighted by atomic mass is 16.5. The first-order valence-electron chi connectivity index (χ1n) is 7.60. The van der Waals surface area contributed by atoms with Gasteiger partial charge in [-0.3, -0.25) is 14.5 Å². The van der Waals surface area contributed by atoms with Gasteiger partial charge in [0.2, 0.25) is 11.8 Å². The Morgan fingerprint density at radius 1 is 1.19 bits per heavy atom. The average Bonchev–Trinajstić information content (AvgIpc) is 2.47. The van der Waals surface area contributed by atoms with Gasteiger partial charge in [0.1, 0.15) is 0 Å². The number of ether oxygens (including phenoxy) is 1. The minimum absolute atomic E-state index is 0.00103. The maximum Gasteiger partial charge on any atom is 0.236 e. The van der Waals surface area contributed by atoms with Crippen LogP contribution in [0.5, 0.6) is 0 Å². The first-order chi connectivity index (χ1) is 9.97. The third-order valence-electron chi connectivity index (χ3n) is 4.20. The van der Waals surface area contributed by atoms with Crippen molar-refractivity contribution in [3.63, 3.8) is 0 Å². The highest BCUT2D eigenvalue weighted by Crippen LogP contribution is 2.09. The van der Waals surface area contributed by atoms with E-state index in [1.54, 1.807) is 11.8 Å². The molecule has 2 aliphatic rings. The number of carbonyl (C=O) groups is 2. The molecule has 2 aliphatic heterocycles. The van der Waals surface area contributed by atoms with Crippen LogP contribution in [0.2, 0.25) is 0 Å². The van der Waals surface area contributed by atoms with Crippen LogP contribution in [-0.4, -0.2) is 91.1 Å². The van der Waals surface area contributed by atoms with Crippen LogP contribution in [0.15, 0.2) is 0 Å². The van der Waals surface area contributed by atoms with E-state index in [0.29, 0.717) is 45.9 Å². The number of hydrogen-bond acceptors (Lipinski definition) is 5. The lowest BCUT2D eigenvalue weighted by Crippen LogP contribution is -2.55. The summed E-state index contributed by atoms with van der Waals surface area (Å²) >= 11 is 0. The zero-order chi connectivity index (χ0) is 15.4. The molecule has 0 radical (unpaired) electrons. The van der Waals surface area contributed by atoms with E-state index in [2.05, 4.69) is 4.90 Å². The SMILES string of the molecule is CC(=O)N1CCN(C(=O)CN2CCOC(C(C)N)C2)CC1. The van der Waals surface area contributed by atoms with E-state index in [-0.39, 0.29) is 24.0 Å². The zero-order valence-corrected chi connectivity index (χ0v) is 13.0. The molecule has 7 nitrogen and oxygen atoms in total. The summed E-state index contributed by atoms with van der Waals surface area (Å²) in [6, 6.07) is -0.0259. The summed E-state index contributed by atoms with van der Waals surface area (Å²) in [6.45, 7) is 8.51. The molecule has 0 aromatic heterocycles. The number of rotatable bonds is 3. The molecule has 2 amide bonds. The largest absolute Gasteiger partial charge is 0.374 e. The topological polar surface area (TPSA) is 79.1 Å². The fourth-order valence-electron chi connectivity index (χ4n) is 2.76. The van der Waals surface area contributed by atoms with E-state index in [1.807, 2.05) is 11.8 Å². The van der Waals surface area contributed by atoms with Gasteiger partial charge in [0.25, 0.3) is 0 Å². The van der Waals surface area contributed by atoms with Gasteiger partial charge in [0, 0.05) is 52.2 Å². The Labute approximate surface area is 126 Å². The molecule has 0 bridgehead atoms. The van der Waals surface area contributed by atoms with Crippen molar-refractivity contribution in [1.82, 2.24) is 14.7 Å². The van der Waals surface area contributed by atoms with E-state index in [9.17, 15) is 9.59 Å². The molecule has 0 spiro atoms. The zero-order valence-electron chi connectivity index (χ0n) is 13.0. The third kappa shape index (κ3) is 4.39. The van der Waals surface area contributed by atoms with Gasteiger partial charge in [-0.25, -0.2) is 0 Å². The summed E-state index contributed by atoms with van der Waals surface area (Å²) in [5.74, 6) is 0.207. The van der Waals surface area contributed by atoms with Crippen LogP contribution in [0, 0.1) is 0 Å². The minimum atomic E-state index is -0.0259. The van der Waals surface area contributed by atoms with Crippen molar-refractivity contribution >= 4 is 11.8 Å². The van der Waals surface area contributed by atoms with Crippen molar-refractivity contribution in [3.8, 4) is 0 Å². The van der Waals surface area contributed by atoms with Gasteiger partial charge < -0.3 is 20.3 Å². The second kappa shape index (κ2) is 7.20. The number of nitrogens with zero attached hydrogens (tertiary/aromatic N) is 3. The summed E-state index contributed by atoms with van der Waals surface area (Å²) < 4.78 is 5.60. The second-order valence-electron chi connectivity index (χ2n) is 5.89. The molecule has 2 saturated heterocycles. The molecule has 2 heterocycles. The van der Waals surface area contributed by atoms with Gasteiger partial charge in [0.05, 0.1) is 19.3 Å². The van der Waals surface area contributed by atoms with Crippen LogP contribution in [0.4, 0.5) is 0 Å². The van der Waals surface area contributed by atoms with Crippen LogP contribution in [-0.2, 0) is 14.3 Å². The summed E-state index contributed by atoms with van der Waals surface area (Å²) in [7, 11) is 0. The first-order valence-corrected chi connectivity index (χ1v) is 7.60. The number of carbonyl (C=O) groups excluding carboxylic acids is 2. The average molecular weight is 298 g/mol. The van der Waals surface area contributed by atoms with Crippen molar-refractivity contribution in [3.05, 3.63) is 0 Å². The maximum absolute atomic E-state index is 12.3. The summed E-state index contributed by atoms with van der Waals surface area (Å²) in [6.07, 6.45) is 0.00103. The number of piperazine rings is 1. The minimum Gasteiger partial charge on any atom is -0.374 e. The number of amides is 2. The molecule has 2 atom stereocenters. The Balaban J connectivity index is 1.78. The van der Waals surface area contributed by atoms with Crippen molar-refractivity contribution in [1.29, 1.82) is 0 Å². The Bertz CT molecular complexity index is 380. The fraction of sp³-hybridized carbons (Fsp3) is 0.857. The van der Waals surface area contributed by atoms with Gasteiger partial charge in [-0.1, -0.05) is 0 Å². The van der Waals surface area contributed by atoms with Gasteiger partial charge in [-0.05, 0) is 6.92 Å². The highest BCUT2D eigenvalue weighted by molar-refractivity contribution is 5.79. The first kappa shape index (κ1) is 16.2. The van der Waals surface area contributed by atoms with Crippen LogP contribution < -0.4 is 5.73 Å². The Kier molecular flexibility index (Phi) is 5.55.